The minimum atomic E-state index is 0.427. The van der Waals surface area contributed by atoms with Gasteiger partial charge in [-0.25, -0.2) is 0 Å². The summed E-state index contributed by atoms with van der Waals surface area (Å²) in [4.78, 5) is 11.8. The second kappa shape index (κ2) is 4.67. The number of hydrogen-bond donors (Lipinski definition) is 0. The lowest BCUT2D eigenvalue weighted by molar-refractivity contribution is -0.126. The quantitative estimate of drug-likeness (QED) is 0.689. The summed E-state index contributed by atoms with van der Waals surface area (Å²) in [5.41, 5.74) is 0. The number of ketones is 1. The highest BCUT2D eigenvalue weighted by Crippen LogP contribution is 2.39. The first kappa shape index (κ1) is 11.2. The Kier molecular flexibility index (Phi) is 3.48. The van der Waals surface area contributed by atoms with Crippen LogP contribution in [-0.4, -0.2) is 5.78 Å². The fourth-order valence-corrected chi connectivity index (χ4v) is 3.11. The molecule has 0 heterocycles. The zero-order valence-electron chi connectivity index (χ0n) is 10.2. The standard InChI is InChI=1S/C14H24O/c1-10(2)12-6-7-14(15)13(9-12)8-11-4-3-5-11/h10-13H,3-9H2,1-2H3. The van der Waals surface area contributed by atoms with Gasteiger partial charge in [0.05, 0.1) is 0 Å². The first-order valence-electron chi connectivity index (χ1n) is 6.69. The van der Waals surface area contributed by atoms with Gasteiger partial charge in [0, 0.05) is 12.3 Å². The minimum Gasteiger partial charge on any atom is -0.299 e. The molecule has 0 bridgehead atoms. The second-order valence-electron chi connectivity index (χ2n) is 5.97. The van der Waals surface area contributed by atoms with Crippen LogP contribution in [0, 0.1) is 23.7 Å². The third-order valence-electron chi connectivity index (χ3n) is 4.59. The molecule has 1 nitrogen and oxygen atoms in total. The van der Waals surface area contributed by atoms with Gasteiger partial charge in [-0.15, -0.1) is 0 Å². The first-order valence-corrected chi connectivity index (χ1v) is 6.69. The van der Waals surface area contributed by atoms with Gasteiger partial charge in [-0.05, 0) is 37.0 Å². The highest BCUT2D eigenvalue weighted by Gasteiger charge is 2.32. The van der Waals surface area contributed by atoms with Gasteiger partial charge >= 0.3 is 0 Å². The summed E-state index contributed by atoms with van der Waals surface area (Å²) in [6.07, 6.45) is 8.58. The van der Waals surface area contributed by atoms with E-state index in [1.165, 1.54) is 32.1 Å². The second-order valence-corrected chi connectivity index (χ2v) is 5.97. The zero-order valence-corrected chi connectivity index (χ0v) is 10.2. The number of carbonyl (C=O) groups excluding carboxylic acids is 1. The van der Waals surface area contributed by atoms with Gasteiger partial charge in [0.25, 0.3) is 0 Å². The maximum absolute atomic E-state index is 11.8. The van der Waals surface area contributed by atoms with Crippen LogP contribution in [0.15, 0.2) is 0 Å². The van der Waals surface area contributed by atoms with E-state index in [4.69, 9.17) is 0 Å². The lowest BCUT2D eigenvalue weighted by Gasteiger charge is -2.35. The van der Waals surface area contributed by atoms with Gasteiger partial charge in [0.15, 0.2) is 0 Å². The van der Waals surface area contributed by atoms with Crippen molar-refractivity contribution in [1.82, 2.24) is 0 Å². The molecule has 2 unspecified atom stereocenters. The average molecular weight is 208 g/mol. The number of carbonyl (C=O) groups is 1. The summed E-state index contributed by atoms with van der Waals surface area (Å²) < 4.78 is 0. The molecule has 0 aromatic rings. The van der Waals surface area contributed by atoms with Crippen molar-refractivity contribution in [3.63, 3.8) is 0 Å². The summed E-state index contributed by atoms with van der Waals surface area (Å²) in [5, 5.41) is 0. The molecule has 1 heteroatoms. The molecule has 2 aliphatic carbocycles. The summed E-state index contributed by atoms with van der Waals surface area (Å²) >= 11 is 0. The SMILES string of the molecule is CC(C)C1CCC(=O)C(CC2CCC2)C1. The normalized spacial score (nSPS) is 33.1. The maximum Gasteiger partial charge on any atom is 0.136 e. The fraction of sp³-hybridized carbons (Fsp3) is 0.929. The number of hydrogen-bond acceptors (Lipinski definition) is 1. The van der Waals surface area contributed by atoms with E-state index in [0.29, 0.717) is 11.7 Å². The molecule has 0 saturated heterocycles. The Hall–Kier alpha value is -0.330. The molecule has 0 aromatic heterocycles. The molecule has 0 amide bonds. The van der Waals surface area contributed by atoms with Gasteiger partial charge in [0.2, 0.25) is 0 Å². The van der Waals surface area contributed by atoms with Crippen LogP contribution >= 0.6 is 0 Å². The van der Waals surface area contributed by atoms with Crippen molar-refractivity contribution in [2.75, 3.05) is 0 Å². The van der Waals surface area contributed by atoms with E-state index in [2.05, 4.69) is 13.8 Å². The van der Waals surface area contributed by atoms with Crippen LogP contribution in [0.1, 0.15) is 58.8 Å². The number of Topliss-reactive ketones (excluding diaryl/α,β-unsaturated/α-hetero) is 1. The Morgan fingerprint density at radius 1 is 1.27 bits per heavy atom. The van der Waals surface area contributed by atoms with E-state index in [-0.39, 0.29) is 0 Å². The summed E-state index contributed by atoms with van der Waals surface area (Å²) in [6, 6.07) is 0. The van der Waals surface area contributed by atoms with Crippen LogP contribution in [0.2, 0.25) is 0 Å². The van der Waals surface area contributed by atoms with E-state index in [9.17, 15) is 4.79 Å². The van der Waals surface area contributed by atoms with Crippen molar-refractivity contribution in [3.05, 3.63) is 0 Å². The first-order chi connectivity index (χ1) is 7.16. The predicted molar refractivity (Wildman–Crippen MR) is 62.6 cm³/mol. The van der Waals surface area contributed by atoms with Crippen LogP contribution in [0.25, 0.3) is 0 Å². The Bertz CT molecular complexity index is 227. The average Bonchev–Trinajstić information content (AvgIpc) is 2.13. The molecule has 0 N–H and O–H groups in total. The third kappa shape index (κ3) is 2.62. The van der Waals surface area contributed by atoms with Gasteiger partial charge in [0.1, 0.15) is 5.78 Å². The Morgan fingerprint density at radius 2 is 2.00 bits per heavy atom. The molecule has 2 fully saturated rings. The maximum atomic E-state index is 11.8. The van der Waals surface area contributed by atoms with E-state index in [0.717, 1.165) is 30.6 Å². The zero-order chi connectivity index (χ0) is 10.8. The van der Waals surface area contributed by atoms with E-state index in [1.807, 2.05) is 0 Å². The van der Waals surface area contributed by atoms with Gasteiger partial charge in [-0.2, -0.15) is 0 Å². The van der Waals surface area contributed by atoms with Crippen LogP contribution in [0.5, 0.6) is 0 Å². The van der Waals surface area contributed by atoms with Crippen molar-refractivity contribution in [3.8, 4) is 0 Å². The van der Waals surface area contributed by atoms with Crippen molar-refractivity contribution in [2.45, 2.75) is 58.8 Å². The molecule has 2 rings (SSSR count). The summed E-state index contributed by atoms with van der Waals surface area (Å²) in [7, 11) is 0. The Morgan fingerprint density at radius 3 is 2.53 bits per heavy atom. The topological polar surface area (TPSA) is 17.1 Å². The number of rotatable bonds is 3. The fourth-order valence-electron chi connectivity index (χ4n) is 3.11. The minimum absolute atomic E-state index is 0.427. The molecule has 2 atom stereocenters. The Balaban J connectivity index is 1.86. The predicted octanol–water partition coefficient (Wildman–Crippen LogP) is 3.82. The monoisotopic (exact) mass is 208 g/mol. The molecule has 2 saturated carbocycles. The third-order valence-corrected chi connectivity index (χ3v) is 4.59. The lowest BCUT2D eigenvalue weighted by Crippen LogP contribution is -2.30. The molecule has 15 heavy (non-hydrogen) atoms. The van der Waals surface area contributed by atoms with Gasteiger partial charge in [-0.3, -0.25) is 4.79 Å². The molecular weight excluding hydrogens is 184 g/mol. The molecular formula is C14H24O. The van der Waals surface area contributed by atoms with Crippen LogP contribution in [-0.2, 0) is 4.79 Å². The van der Waals surface area contributed by atoms with Crippen LogP contribution in [0.3, 0.4) is 0 Å². The van der Waals surface area contributed by atoms with Crippen LogP contribution < -0.4 is 0 Å². The van der Waals surface area contributed by atoms with Crippen molar-refractivity contribution in [2.24, 2.45) is 23.7 Å². The highest BCUT2D eigenvalue weighted by atomic mass is 16.1. The molecule has 0 spiro atoms. The molecule has 2 aliphatic rings. The van der Waals surface area contributed by atoms with Crippen molar-refractivity contribution >= 4 is 5.78 Å². The molecule has 0 radical (unpaired) electrons. The largest absolute Gasteiger partial charge is 0.299 e. The van der Waals surface area contributed by atoms with Crippen molar-refractivity contribution in [1.29, 1.82) is 0 Å². The summed E-state index contributed by atoms with van der Waals surface area (Å²) in [5.74, 6) is 3.47. The van der Waals surface area contributed by atoms with Gasteiger partial charge in [-0.1, -0.05) is 33.1 Å². The summed E-state index contributed by atoms with van der Waals surface area (Å²) in [6.45, 7) is 4.61. The molecule has 86 valence electrons. The van der Waals surface area contributed by atoms with Gasteiger partial charge < -0.3 is 0 Å². The van der Waals surface area contributed by atoms with E-state index < -0.39 is 0 Å². The lowest BCUT2D eigenvalue weighted by atomic mass is 9.70. The van der Waals surface area contributed by atoms with E-state index >= 15 is 0 Å². The highest BCUT2D eigenvalue weighted by molar-refractivity contribution is 5.81. The van der Waals surface area contributed by atoms with Crippen molar-refractivity contribution < 1.29 is 4.79 Å². The smallest absolute Gasteiger partial charge is 0.136 e. The van der Waals surface area contributed by atoms with Crippen LogP contribution in [0.4, 0.5) is 0 Å². The molecule has 0 aromatic carbocycles. The Labute approximate surface area is 93.6 Å². The van der Waals surface area contributed by atoms with E-state index in [1.54, 1.807) is 0 Å². The molecule has 0 aliphatic heterocycles.